The summed E-state index contributed by atoms with van der Waals surface area (Å²) in [6.45, 7) is 0.167. The Bertz CT molecular complexity index is 363. The molecule has 0 aromatic heterocycles. The first kappa shape index (κ1) is 11.5. The number of non-ortho nitro benzene ring substituents is 1. The number of hydrogen-bond acceptors (Lipinski definition) is 4. The van der Waals surface area contributed by atoms with E-state index in [1.807, 2.05) is 0 Å². The molecule has 0 fully saturated rings. The normalized spacial score (nSPS) is 9.67. The molecule has 80 valence electrons. The van der Waals surface area contributed by atoms with Crippen molar-refractivity contribution in [1.82, 2.24) is 0 Å². The van der Waals surface area contributed by atoms with Crippen molar-refractivity contribution in [1.29, 1.82) is 0 Å². The molecule has 0 aliphatic heterocycles. The summed E-state index contributed by atoms with van der Waals surface area (Å²) in [5.74, 6) is 0. The van der Waals surface area contributed by atoms with Gasteiger partial charge in [-0.25, -0.2) is 4.79 Å². The molecular weight excluding hydrogens is 222 g/mol. The summed E-state index contributed by atoms with van der Waals surface area (Å²) >= 11 is 4.96. The molecule has 0 bridgehead atoms. The third kappa shape index (κ3) is 3.95. The highest BCUT2D eigenvalue weighted by atomic mass is 35.5. The van der Waals surface area contributed by atoms with Crippen LogP contribution in [0.3, 0.4) is 0 Å². The van der Waals surface area contributed by atoms with Gasteiger partial charge < -0.3 is 4.74 Å². The molecule has 0 aliphatic carbocycles. The molecule has 0 amide bonds. The number of nitrogens with zero attached hydrogens (tertiary/aromatic N) is 1. The van der Waals surface area contributed by atoms with Crippen LogP contribution in [0, 0.1) is 10.1 Å². The summed E-state index contributed by atoms with van der Waals surface area (Å²) in [5.41, 5.74) is 0.0310. The Morgan fingerprint density at radius 1 is 1.40 bits per heavy atom. The lowest BCUT2D eigenvalue weighted by Gasteiger charge is -2.00. The summed E-state index contributed by atoms with van der Waals surface area (Å²) in [6, 6.07) is 6.02. The summed E-state index contributed by atoms with van der Waals surface area (Å²) in [4.78, 5) is 20.1. The van der Waals surface area contributed by atoms with Crippen molar-refractivity contribution < 1.29 is 14.5 Å². The quantitative estimate of drug-likeness (QED) is 0.452. The first-order chi connectivity index (χ1) is 7.09. The maximum atomic E-state index is 10.3. The lowest BCUT2D eigenvalue weighted by atomic mass is 10.1. The number of rotatable bonds is 4. The Balaban J connectivity index is 2.50. The number of hydrogen-bond donors (Lipinski definition) is 0. The van der Waals surface area contributed by atoms with Crippen LogP contribution >= 0.6 is 11.6 Å². The van der Waals surface area contributed by atoms with E-state index in [1.54, 1.807) is 12.1 Å². The van der Waals surface area contributed by atoms with Crippen molar-refractivity contribution in [3.05, 3.63) is 39.9 Å². The highest BCUT2D eigenvalue weighted by Gasteiger charge is 2.04. The predicted molar refractivity (Wildman–Crippen MR) is 54.0 cm³/mol. The number of nitro groups is 1. The maximum absolute atomic E-state index is 10.3. The van der Waals surface area contributed by atoms with E-state index in [0.717, 1.165) is 5.56 Å². The number of carbonyl (C=O) groups is 1. The Kier molecular flexibility index (Phi) is 4.05. The molecule has 0 atom stereocenters. The van der Waals surface area contributed by atoms with E-state index < -0.39 is 10.4 Å². The van der Waals surface area contributed by atoms with Gasteiger partial charge in [0.05, 0.1) is 11.5 Å². The Morgan fingerprint density at radius 3 is 2.47 bits per heavy atom. The third-order valence-electron chi connectivity index (χ3n) is 1.75. The highest BCUT2D eigenvalue weighted by molar-refractivity contribution is 6.61. The minimum Gasteiger partial charge on any atom is -0.453 e. The molecule has 0 heterocycles. The second-order valence-corrected chi connectivity index (χ2v) is 3.07. The fraction of sp³-hybridized carbons (Fsp3) is 0.222. The van der Waals surface area contributed by atoms with Crippen molar-refractivity contribution in [2.24, 2.45) is 0 Å². The van der Waals surface area contributed by atoms with Gasteiger partial charge in [-0.1, -0.05) is 12.1 Å². The van der Waals surface area contributed by atoms with Crippen molar-refractivity contribution in [2.45, 2.75) is 6.42 Å². The molecular formula is C9H8ClNO4. The van der Waals surface area contributed by atoms with Gasteiger partial charge in [0.15, 0.2) is 0 Å². The van der Waals surface area contributed by atoms with Gasteiger partial charge in [0.2, 0.25) is 0 Å². The first-order valence-corrected chi connectivity index (χ1v) is 4.53. The lowest BCUT2D eigenvalue weighted by Crippen LogP contribution is -2.00. The minimum absolute atomic E-state index is 0.0353. The summed E-state index contributed by atoms with van der Waals surface area (Å²) in [7, 11) is 0. The monoisotopic (exact) mass is 229 g/mol. The van der Waals surface area contributed by atoms with E-state index in [0.29, 0.717) is 6.42 Å². The first-order valence-electron chi connectivity index (χ1n) is 4.15. The average Bonchev–Trinajstić information content (AvgIpc) is 2.18. The summed E-state index contributed by atoms with van der Waals surface area (Å²) < 4.78 is 4.52. The van der Waals surface area contributed by atoms with Crippen LogP contribution in [-0.4, -0.2) is 17.0 Å². The van der Waals surface area contributed by atoms with E-state index >= 15 is 0 Å². The molecule has 0 radical (unpaired) electrons. The van der Waals surface area contributed by atoms with E-state index in [9.17, 15) is 14.9 Å². The number of carbonyl (C=O) groups excluding carboxylic acids is 1. The van der Waals surface area contributed by atoms with E-state index in [-0.39, 0.29) is 12.3 Å². The average molecular weight is 230 g/mol. The number of benzene rings is 1. The number of ether oxygens (including phenoxy) is 1. The maximum Gasteiger partial charge on any atom is 0.403 e. The van der Waals surface area contributed by atoms with Crippen LogP contribution in [0.25, 0.3) is 0 Å². The van der Waals surface area contributed by atoms with Crippen LogP contribution in [0.15, 0.2) is 24.3 Å². The summed E-state index contributed by atoms with van der Waals surface area (Å²) in [6.07, 6.45) is 0.483. The molecule has 5 nitrogen and oxygen atoms in total. The molecule has 1 rings (SSSR count). The Morgan fingerprint density at radius 2 is 2.00 bits per heavy atom. The van der Waals surface area contributed by atoms with E-state index in [1.165, 1.54) is 12.1 Å². The molecule has 0 saturated carbocycles. The predicted octanol–water partition coefficient (Wildman–Crippen LogP) is 2.51. The zero-order valence-corrected chi connectivity index (χ0v) is 8.44. The SMILES string of the molecule is O=C(Cl)OCCc1ccc([N+](=O)[O-])cc1. The van der Waals surface area contributed by atoms with Crippen LogP contribution in [-0.2, 0) is 11.2 Å². The minimum atomic E-state index is -0.850. The van der Waals surface area contributed by atoms with Gasteiger partial charge in [0.1, 0.15) is 0 Å². The molecule has 0 spiro atoms. The molecule has 0 unspecified atom stereocenters. The number of nitro benzene ring substituents is 1. The molecule has 1 aromatic rings. The van der Waals surface area contributed by atoms with Gasteiger partial charge in [0, 0.05) is 30.2 Å². The van der Waals surface area contributed by atoms with Gasteiger partial charge >= 0.3 is 5.43 Å². The molecule has 0 saturated heterocycles. The lowest BCUT2D eigenvalue weighted by molar-refractivity contribution is -0.384. The Hall–Kier alpha value is -1.62. The van der Waals surface area contributed by atoms with Crippen LogP contribution < -0.4 is 0 Å². The number of halogens is 1. The largest absolute Gasteiger partial charge is 0.453 e. The van der Waals surface area contributed by atoms with Crippen LogP contribution in [0.1, 0.15) is 5.56 Å². The van der Waals surface area contributed by atoms with Gasteiger partial charge in [-0.2, -0.15) is 0 Å². The smallest absolute Gasteiger partial charge is 0.403 e. The van der Waals surface area contributed by atoms with Gasteiger partial charge in [0.25, 0.3) is 5.69 Å². The Labute approximate surface area is 90.8 Å². The van der Waals surface area contributed by atoms with Crippen molar-refractivity contribution in [3.8, 4) is 0 Å². The van der Waals surface area contributed by atoms with Crippen LogP contribution in [0.4, 0.5) is 10.5 Å². The van der Waals surface area contributed by atoms with Gasteiger partial charge in [-0.05, 0) is 5.56 Å². The van der Waals surface area contributed by atoms with Crippen LogP contribution in [0.5, 0.6) is 0 Å². The summed E-state index contributed by atoms with van der Waals surface area (Å²) in [5, 5.41) is 10.3. The third-order valence-corrected chi connectivity index (χ3v) is 1.86. The molecule has 0 N–H and O–H groups in total. The van der Waals surface area contributed by atoms with Crippen molar-refractivity contribution >= 4 is 22.7 Å². The van der Waals surface area contributed by atoms with Gasteiger partial charge in [-0.15, -0.1) is 0 Å². The van der Waals surface area contributed by atoms with E-state index in [4.69, 9.17) is 11.6 Å². The molecule has 1 aromatic carbocycles. The fourth-order valence-corrected chi connectivity index (χ4v) is 1.11. The van der Waals surface area contributed by atoms with Gasteiger partial charge in [-0.3, -0.25) is 10.1 Å². The second kappa shape index (κ2) is 5.31. The fourth-order valence-electron chi connectivity index (χ4n) is 1.03. The standard InChI is InChI=1S/C9H8ClNO4/c10-9(12)15-6-5-7-1-3-8(4-2-7)11(13)14/h1-4H,5-6H2. The zero-order chi connectivity index (χ0) is 11.3. The second-order valence-electron chi connectivity index (χ2n) is 2.76. The topological polar surface area (TPSA) is 69.4 Å². The van der Waals surface area contributed by atoms with Crippen molar-refractivity contribution in [2.75, 3.05) is 6.61 Å². The highest BCUT2D eigenvalue weighted by Crippen LogP contribution is 2.12. The molecule has 0 aliphatic rings. The zero-order valence-electron chi connectivity index (χ0n) is 7.68. The van der Waals surface area contributed by atoms with Crippen LogP contribution in [0.2, 0.25) is 0 Å². The van der Waals surface area contributed by atoms with E-state index in [2.05, 4.69) is 4.74 Å². The molecule has 15 heavy (non-hydrogen) atoms. The van der Waals surface area contributed by atoms with Crippen molar-refractivity contribution in [3.63, 3.8) is 0 Å². The molecule has 6 heteroatoms.